The molecular formula is C8H8S. The van der Waals surface area contributed by atoms with E-state index in [2.05, 4.69) is 29.4 Å². The van der Waals surface area contributed by atoms with Crippen LogP contribution in [0.1, 0.15) is 11.8 Å². The van der Waals surface area contributed by atoms with Crippen LogP contribution in [-0.2, 0) is 6.42 Å². The molecule has 1 heterocycles. The fourth-order valence-corrected chi connectivity index (χ4v) is 1.23. The highest BCUT2D eigenvalue weighted by molar-refractivity contribution is 7.09. The predicted molar refractivity (Wildman–Crippen MR) is 41.5 cm³/mol. The zero-order chi connectivity index (χ0) is 6.53. The summed E-state index contributed by atoms with van der Waals surface area (Å²) in [6.45, 7) is 1.87. The first-order chi connectivity index (χ1) is 4.43. The third-order valence-electron chi connectivity index (χ3n) is 1.02. The van der Waals surface area contributed by atoms with Gasteiger partial charge in [-0.2, -0.15) is 0 Å². The van der Waals surface area contributed by atoms with Gasteiger partial charge in [0, 0.05) is 11.3 Å². The van der Waals surface area contributed by atoms with Crippen LogP contribution in [0.25, 0.3) is 0 Å². The minimum atomic E-state index is 0.911. The maximum atomic E-state index is 3.01. The molecule has 0 bridgehead atoms. The second-order valence-electron chi connectivity index (χ2n) is 1.68. The lowest BCUT2D eigenvalue weighted by molar-refractivity contribution is 1.41. The van der Waals surface area contributed by atoms with E-state index in [1.165, 1.54) is 4.88 Å². The molecule has 0 saturated carbocycles. The van der Waals surface area contributed by atoms with Crippen LogP contribution in [0.5, 0.6) is 0 Å². The van der Waals surface area contributed by atoms with E-state index in [9.17, 15) is 0 Å². The Balaban J connectivity index is 2.54. The van der Waals surface area contributed by atoms with Gasteiger partial charge in [0.1, 0.15) is 0 Å². The molecule has 0 N–H and O–H groups in total. The quantitative estimate of drug-likeness (QED) is 0.520. The van der Waals surface area contributed by atoms with E-state index < -0.39 is 0 Å². The molecular weight excluding hydrogens is 128 g/mol. The molecule has 0 spiro atoms. The third-order valence-corrected chi connectivity index (χ3v) is 1.90. The minimum Gasteiger partial charge on any atom is -0.148 e. The lowest BCUT2D eigenvalue weighted by atomic mass is 10.3. The summed E-state index contributed by atoms with van der Waals surface area (Å²) in [7, 11) is 0. The first-order valence-electron chi connectivity index (χ1n) is 2.85. The van der Waals surface area contributed by atoms with E-state index in [0.29, 0.717) is 0 Å². The first-order valence-corrected chi connectivity index (χ1v) is 3.73. The highest BCUT2D eigenvalue weighted by Crippen LogP contribution is 2.07. The van der Waals surface area contributed by atoms with Crippen molar-refractivity contribution in [2.24, 2.45) is 0 Å². The Hall–Kier alpha value is -0.740. The van der Waals surface area contributed by atoms with Crippen LogP contribution in [0.2, 0.25) is 0 Å². The second-order valence-corrected chi connectivity index (χ2v) is 2.72. The predicted octanol–water partition coefficient (Wildman–Crippen LogP) is 2.31. The summed E-state index contributed by atoms with van der Waals surface area (Å²) in [6, 6.07) is 4.16. The molecule has 0 nitrogen and oxygen atoms in total. The monoisotopic (exact) mass is 136 g/mol. The summed E-state index contributed by atoms with van der Waals surface area (Å²) in [4.78, 5) is 1.35. The van der Waals surface area contributed by atoms with Gasteiger partial charge in [-0.15, -0.1) is 17.3 Å². The lowest BCUT2D eigenvalue weighted by Gasteiger charge is -1.80. The molecule has 0 aliphatic rings. The third kappa shape index (κ3) is 1.91. The zero-order valence-electron chi connectivity index (χ0n) is 5.35. The summed E-state index contributed by atoms with van der Waals surface area (Å²) in [6.07, 6.45) is 0.911. The highest BCUT2D eigenvalue weighted by atomic mass is 32.1. The van der Waals surface area contributed by atoms with E-state index in [4.69, 9.17) is 0 Å². The summed E-state index contributed by atoms with van der Waals surface area (Å²) >= 11 is 1.76. The van der Waals surface area contributed by atoms with E-state index in [1.54, 1.807) is 11.3 Å². The Morgan fingerprint density at radius 2 is 2.56 bits per heavy atom. The van der Waals surface area contributed by atoms with Crippen molar-refractivity contribution in [2.75, 3.05) is 0 Å². The standard InChI is InChI=1S/C8H8S/c1-2-3-5-8-6-4-7-9-8/h4,6-7H,5H2,1H3. The van der Waals surface area contributed by atoms with Gasteiger partial charge in [0.25, 0.3) is 0 Å². The van der Waals surface area contributed by atoms with Crippen LogP contribution in [0.4, 0.5) is 0 Å². The molecule has 0 aliphatic carbocycles. The fourth-order valence-electron chi connectivity index (χ4n) is 0.589. The molecule has 1 rings (SSSR count). The largest absolute Gasteiger partial charge is 0.148 e. The molecule has 0 radical (unpaired) electrons. The number of hydrogen-bond donors (Lipinski definition) is 0. The van der Waals surface area contributed by atoms with Crippen molar-refractivity contribution in [2.45, 2.75) is 13.3 Å². The van der Waals surface area contributed by atoms with Crippen molar-refractivity contribution in [3.8, 4) is 11.8 Å². The Labute approximate surface area is 59.5 Å². The van der Waals surface area contributed by atoms with Crippen LogP contribution in [0.3, 0.4) is 0 Å². The molecule has 0 unspecified atom stereocenters. The Kier molecular flexibility index (Phi) is 2.35. The van der Waals surface area contributed by atoms with E-state index in [-0.39, 0.29) is 0 Å². The van der Waals surface area contributed by atoms with Crippen molar-refractivity contribution < 1.29 is 0 Å². The van der Waals surface area contributed by atoms with Gasteiger partial charge in [0.15, 0.2) is 0 Å². The van der Waals surface area contributed by atoms with Crippen LogP contribution in [-0.4, -0.2) is 0 Å². The molecule has 1 aromatic heterocycles. The minimum absolute atomic E-state index is 0.911. The van der Waals surface area contributed by atoms with Crippen LogP contribution in [0, 0.1) is 11.8 Å². The van der Waals surface area contributed by atoms with Gasteiger partial charge in [-0.25, -0.2) is 0 Å². The summed E-state index contributed by atoms with van der Waals surface area (Å²) < 4.78 is 0. The molecule has 9 heavy (non-hydrogen) atoms. The Morgan fingerprint density at radius 3 is 3.11 bits per heavy atom. The fraction of sp³-hybridized carbons (Fsp3) is 0.250. The van der Waals surface area contributed by atoms with E-state index in [1.807, 2.05) is 6.92 Å². The molecule has 0 fully saturated rings. The summed E-state index contributed by atoms with van der Waals surface area (Å²) in [5.74, 6) is 5.87. The van der Waals surface area contributed by atoms with Crippen molar-refractivity contribution in [1.29, 1.82) is 0 Å². The molecule has 0 saturated heterocycles. The Bertz CT molecular complexity index is 210. The van der Waals surface area contributed by atoms with Crippen molar-refractivity contribution in [1.82, 2.24) is 0 Å². The van der Waals surface area contributed by atoms with Gasteiger partial charge in [0.05, 0.1) is 0 Å². The SMILES string of the molecule is CC#CCc1cccs1. The topological polar surface area (TPSA) is 0 Å². The van der Waals surface area contributed by atoms with Crippen molar-refractivity contribution in [3.05, 3.63) is 22.4 Å². The molecule has 0 atom stereocenters. The van der Waals surface area contributed by atoms with Crippen LogP contribution >= 0.6 is 11.3 Å². The molecule has 1 heteroatoms. The van der Waals surface area contributed by atoms with E-state index in [0.717, 1.165) is 6.42 Å². The van der Waals surface area contributed by atoms with Crippen molar-refractivity contribution in [3.63, 3.8) is 0 Å². The maximum Gasteiger partial charge on any atom is 0.0434 e. The Morgan fingerprint density at radius 1 is 1.67 bits per heavy atom. The normalized spacial score (nSPS) is 8.11. The number of hydrogen-bond acceptors (Lipinski definition) is 1. The highest BCUT2D eigenvalue weighted by Gasteiger charge is 1.85. The summed E-state index contributed by atoms with van der Waals surface area (Å²) in [5, 5.41) is 2.08. The van der Waals surface area contributed by atoms with Crippen LogP contribution in [0.15, 0.2) is 17.5 Å². The van der Waals surface area contributed by atoms with Crippen LogP contribution < -0.4 is 0 Å². The van der Waals surface area contributed by atoms with Gasteiger partial charge in [0.2, 0.25) is 0 Å². The molecule has 0 amide bonds. The number of thiophene rings is 1. The maximum absolute atomic E-state index is 3.01. The lowest BCUT2D eigenvalue weighted by Crippen LogP contribution is -1.69. The average Bonchev–Trinajstić information content (AvgIpc) is 2.34. The van der Waals surface area contributed by atoms with Gasteiger partial charge in [-0.05, 0) is 18.4 Å². The first kappa shape index (κ1) is 6.38. The summed E-state index contributed by atoms with van der Waals surface area (Å²) in [5.41, 5.74) is 0. The van der Waals surface area contributed by atoms with Crippen molar-refractivity contribution >= 4 is 11.3 Å². The van der Waals surface area contributed by atoms with Gasteiger partial charge >= 0.3 is 0 Å². The van der Waals surface area contributed by atoms with Gasteiger partial charge in [-0.3, -0.25) is 0 Å². The molecule has 0 aromatic carbocycles. The van der Waals surface area contributed by atoms with E-state index >= 15 is 0 Å². The number of rotatable bonds is 1. The average molecular weight is 136 g/mol. The molecule has 0 aliphatic heterocycles. The smallest absolute Gasteiger partial charge is 0.0434 e. The zero-order valence-corrected chi connectivity index (χ0v) is 6.16. The second kappa shape index (κ2) is 3.32. The molecule has 46 valence electrons. The van der Waals surface area contributed by atoms with Gasteiger partial charge in [-0.1, -0.05) is 12.0 Å². The molecule has 1 aromatic rings. The van der Waals surface area contributed by atoms with Gasteiger partial charge < -0.3 is 0 Å².